The minimum atomic E-state index is 0.0853. The van der Waals surface area contributed by atoms with E-state index in [0.717, 1.165) is 47.2 Å². The van der Waals surface area contributed by atoms with Crippen molar-refractivity contribution in [2.24, 2.45) is 0 Å². The average Bonchev–Trinajstić information content (AvgIpc) is 3.56. The van der Waals surface area contributed by atoms with Gasteiger partial charge < -0.3 is 15.4 Å². The van der Waals surface area contributed by atoms with Crippen molar-refractivity contribution in [1.29, 1.82) is 0 Å². The molecule has 0 amide bonds. The lowest BCUT2D eigenvalue weighted by Crippen LogP contribution is -1.99. The van der Waals surface area contributed by atoms with Gasteiger partial charge in [0, 0.05) is 18.7 Å². The van der Waals surface area contributed by atoms with E-state index >= 15 is 0 Å². The summed E-state index contributed by atoms with van der Waals surface area (Å²) in [6, 6.07) is 12.3. The first kappa shape index (κ1) is 21.0. The molecule has 0 fully saturated rings. The summed E-state index contributed by atoms with van der Waals surface area (Å²) in [5.74, 6) is 0.662. The topological polar surface area (TPSA) is 89.6 Å². The van der Waals surface area contributed by atoms with Gasteiger partial charge in [0.25, 0.3) is 0 Å². The number of hydrogen-bond donors (Lipinski definition) is 4. The van der Waals surface area contributed by atoms with E-state index in [1.54, 1.807) is 0 Å². The number of benzene rings is 2. The van der Waals surface area contributed by atoms with Crippen molar-refractivity contribution in [1.82, 2.24) is 25.5 Å². The lowest BCUT2D eigenvalue weighted by atomic mass is 9.99. The van der Waals surface area contributed by atoms with Gasteiger partial charge in [-0.3, -0.25) is 5.10 Å². The number of aromatic hydroxyl groups is 1. The van der Waals surface area contributed by atoms with Gasteiger partial charge in [0.1, 0.15) is 11.4 Å². The minimum Gasteiger partial charge on any atom is -0.504 e. The Kier molecular flexibility index (Phi) is 5.44. The van der Waals surface area contributed by atoms with E-state index in [0.29, 0.717) is 17.2 Å². The molecule has 0 saturated heterocycles. The van der Waals surface area contributed by atoms with E-state index in [-0.39, 0.29) is 5.75 Å². The number of nitrogens with one attached hydrogen (secondary N) is 3. The molecule has 0 aliphatic carbocycles. The third-order valence-corrected chi connectivity index (χ3v) is 6.23. The number of aromatic nitrogens is 4. The SMILES string of the molecule is C=C/C(=C\C(=C/C)c1ccc(-c2n[nH]c(-c3nc4cc5c(cc4[nH]3)CNC5)c2O)cc1)CC. The Morgan fingerprint density at radius 3 is 2.61 bits per heavy atom. The summed E-state index contributed by atoms with van der Waals surface area (Å²) in [5.41, 5.74) is 9.62. The summed E-state index contributed by atoms with van der Waals surface area (Å²) in [5, 5.41) is 21.6. The molecule has 0 bridgehead atoms. The second-order valence-electron chi connectivity index (χ2n) is 8.22. The van der Waals surface area contributed by atoms with Crippen LogP contribution in [-0.2, 0) is 13.1 Å². The summed E-state index contributed by atoms with van der Waals surface area (Å²) < 4.78 is 0. The maximum atomic E-state index is 10.9. The normalized spacial score (nSPS) is 14.1. The molecule has 0 saturated carbocycles. The molecule has 5 rings (SSSR count). The van der Waals surface area contributed by atoms with Crippen LogP contribution < -0.4 is 5.32 Å². The zero-order valence-corrected chi connectivity index (χ0v) is 18.9. The van der Waals surface area contributed by atoms with Crippen LogP contribution >= 0.6 is 0 Å². The standard InChI is InChI=1S/C27H27N5O/c1-4-16(5-2)11-17(6-3)18-7-9-19(10-8-18)24-26(33)25(32-31-24)27-29-22-12-20-14-28-15-21(20)13-23(22)30-27/h4,6-13,28,33H,1,5,14-15H2,2-3H3,(H,29,30)(H,31,32)/b16-11+,17-6+. The Labute approximate surface area is 192 Å². The number of H-pyrrole nitrogens is 2. The predicted octanol–water partition coefficient (Wildman–Crippen LogP) is 5.85. The van der Waals surface area contributed by atoms with E-state index in [9.17, 15) is 5.11 Å². The van der Waals surface area contributed by atoms with Crippen LogP contribution in [0.5, 0.6) is 5.75 Å². The van der Waals surface area contributed by atoms with Crippen molar-refractivity contribution >= 4 is 16.6 Å². The molecule has 2 aromatic heterocycles. The van der Waals surface area contributed by atoms with Crippen molar-refractivity contribution in [2.45, 2.75) is 33.4 Å². The highest BCUT2D eigenvalue weighted by Gasteiger charge is 2.20. The van der Waals surface area contributed by atoms with Crippen LogP contribution in [0.1, 0.15) is 37.0 Å². The summed E-state index contributed by atoms with van der Waals surface area (Å²) in [4.78, 5) is 8.00. The Morgan fingerprint density at radius 1 is 1.15 bits per heavy atom. The van der Waals surface area contributed by atoms with E-state index in [1.807, 2.05) is 37.3 Å². The molecular formula is C27H27N5O. The number of nitrogens with zero attached hydrogens (tertiary/aromatic N) is 2. The zero-order chi connectivity index (χ0) is 22.9. The largest absolute Gasteiger partial charge is 0.504 e. The van der Waals surface area contributed by atoms with Crippen LogP contribution in [-0.4, -0.2) is 25.3 Å². The first-order valence-corrected chi connectivity index (χ1v) is 11.2. The average molecular weight is 438 g/mol. The number of fused-ring (bicyclic) bond motifs is 2. The highest BCUT2D eigenvalue weighted by atomic mass is 16.3. The number of allylic oxidation sites excluding steroid dienone is 5. The van der Waals surface area contributed by atoms with Crippen LogP contribution in [0, 0.1) is 0 Å². The Hall–Kier alpha value is -3.90. The van der Waals surface area contributed by atoms with E-state index in [2.05, 4.69) is 63.3 Å². The molecule has 4 aromatic rings. The Bertz CT molecular complexity index is 1360. The number of hydrogen-bond acceptors (Lipinski definition) is 4. The molecule has 33 heavy (non-hydrogen) atoms. The van der Waals surface area contributed by atoms with Crippen LogP contribution in [0.4, 0.5) is 0 Å². The zero-order valence-electron chi connectivity index (χ0n) is 18.9. The monoisotopic (exact) mass is 437 g/mol. The van der Waals surface area contributed by atoms with Crippen molar-refractivity contribution < 1.29 is 5.11 Å². The smallest absolute Gasteiger partial charge is 0.172 e. The van der Waals surface area contributed by atoms with Crippen molar-refractivity contribution in [2.75, 3.05) is 0 Å². The molecule has 0 unspecified atom stereocenters. The predicted molar refractivity (Wildman–Crippen MR) is 134 cm³/mol. The summed E-state index contributed by atoms with van der Waals surface area (Å²) in [6.45, 7) is 9.77. The van der Waals surface area contributed by atoms with E-state index < -0.39 is 0 Å². The fraction of sp³-hybridized carbons (Fsp3) is 0.185. The van der Waals surface area contributed by atoms with Gasteiger partial charge in [-0.15, -0.1) is 0 Å². The van der Waals surface area contributed by atoms with E-state index in [4.69, 9.17) is 0 Å². The van der Waals surface area contributed by atoms with Gasteiger partial charge in [-0.1, -0.05) is 56.0 Å². The highest BCUT2D eigenvalue weighted by molar-refractivity contribution is 5.84. The first-order chi connectivity index (χ1) is 16.1. The molecule has 0 atom stereocenters. The second kappa shape index (κ2) is 8.56. The Balaban J connectivity index is 1.45. The van der Waals surface area contributed by atoms with Gasteiger partial charge in [-0.25, -0.2) is 4.98 Å². The van der Waals surface area contributed by atoms with Crippen LogP contribution in [0.25, 0.3) is 39.4 Å². The summed E-state index contributed by atoms with van der Waals surface area (Å²) in [6.07, 6.45) is 7.07. The van der Waals surface area contributed by atoms with Gasteiger partial charge in [0.15, 0.2) is 11.6 Å². The van der Waals surface area contributed by atoms with Crippen molar-refractivity contribution in [3.8, 4) is 28.5 Å². The second-order valence-corrected chi connectivity index (χ2v) is 8.22. The molecule has 2 aromatic carbocycles. The lowest BCUT2D eigenvalue weighted by molar-refractivity contribution is 0.479. The van der Waals surface area contributed by atoms with Crippen LogP contribution in [0.2, 0.25) is 0 Å². The van der Waals surface area contributed by atoms with Crippen molar-refractivity contribution in [3.63, 3.8) is 0 Å². The summed E-state index contributed by atoms with van der Waals surface area (Å²) in [7, 11) is 0. The third kappa shape index (κ3) is 3.79. The maximum absolute atomic E-state index is 10.9. The number of aromatic amines is 2. The number of rotatable bonds is 6. The van der Waals surface area contributed by atoms with Crippen LogP contribution in [0.15, 0.2) is 66.8 Å². The minimum absolute atomic E-state index is 0.0853. The molecule has 1 aliphatic rings. The van der Waals surface area contributed by atoms with Gasteiger partial charge in [-0.05, 0) is 53.3 Å². The Morgan fingerprint density at radius 2 is 1.91 bits per heavy atom. The molecule has 0 spiro atoms. The van der Waals surface area contributed by atoms with Crippen molar-refractivity contribution in [3.05, 3.63) is 83.5 Å². The molecule has 0 radical (unpaired) electrons. The summed E-state index contributed by atoms with van der Waals surface area (Å²) >= 11 is 0. The van der Waals surface area contributed by atoms with Crippen LogP contribution in [0.3, 0.4) is 0 Å². The van der Waals surface area contributed by atoms with Gasteiger partial charge >= 0.3 is 0 Å². The molecule has 3 heterocycles. The molecular weight excluding hydrogens is 410 g/mol. The van der Waals surface area contributed by atoms with Gasteiger partial charge in [0.2, 0.25) is 0 Å². The molecule has 4 N–H and O–H groups in total. The lowest BCUT2D eigenvalue weighted by Gasteiger charge is -2.06. The maximum Gasteiger partial charge on any atom is 0.172 e. The molecule has 6 heteroatoms. The number of imidazole rings is 1. The quantitative estimate of drug-likeness (QED) is 0.285. The van der Waals surface area contributed by atoms with Gasteiger partial charge in [0.05, 0.1) is 11.0 Å². The van der Waals surface area contributed by atoms with Gasteiger partial charge in [-0.2, -0.15) is 5.10 Å². The third-order valence-electron chi connectivity index (χ3n) is 6.23. The molecule has 6 nitrogen and oxygen atoms in total. The fourth-order valence-corrected chi connectivity index (χ4v) is 4.29. The van der Waals surface area contributed by atoms with E-state index in [1.165, 1.54) is 16.7 Å². The molecule has 166 valence electrons. The molecule has 1 aliphatic heterocycles. The fourth-order valence-electron chi connectivity index (χ4n) is 4.29. The first-order valence-electron chi connectivity index (χ1n) is 11.2. The highest BCUT2D eigenvalue weighted by Crippen LogP contribution is 2.36.